The van der Waals surface area contributed by atoms with Crippen LogP contribution in [0.3, 0.4) is 0 Å². The van der Waals surface area contributed by atoms with Gasteiger partial charge >= 0.3 is 12.1 Å². The van der Waals surface area contributed by atoms with Gasteiger partial charge in [-0.25, -0.2) is 9.89 Å². The molecule has 0 bridgehead atoms. The highest BCUT2D eigenvalue weighted by molar-refractivity contribution is 6.30. The molecular weight excluding hydrogens is 555 g/mol. The van der Waals surface area contributed by atoms with Crippen LogP contribution in [0.4, 0.5) is 25.1 Å². The molecule has 4 N–H and O–H groups in total. The quantitative estimate of drug-likeness (QED) is 0.481. The summed E-state index contributed by atoms with van der Waals surface area (Å²) < 4.78 is 37.9. The number of aromatic amines is 1. The summed E-state index contributed by atoms with van der Waals surface area (Å²) in [5, 5.41) is 14.8. The third kappa shape index (κ3) is 7.55. The minimum Gasteiger partial charge on any atom is -0.475 e. The van der Waals surface area contributed by atoms with E-state index in [4.69, 9.17) is 32.0 Å². The van der Waals surface area contributed by atoms with Gasteiger partial charge in [0.1, 0.15) is 6.10 Å². The Morgan fingerprint density at radius 1 is 1.18 bits per heavy atom. The first kappa shape index (κ1) is 29.9. The van der Waals surface area contributed by atoms with Gasteiger partial charge in [0.25, 0.3) is 5.91 Å². The van der Waals surface area contributed by atoms with Gasteiger partial charge in [0, 0.05) is 49.8 Å². The number of aliphatic carboxylic acids is 1. The van der Waals surface area contributed by atoms with Gasteiger partial charge in [0.2, 0.25) is 11.9 Å². The zero-order valence-electron chi connectivity index (χ0n) is 22.0. The fraction of sp³-hybridized carbons (Fsp3) is 0.600. The zero-order chi connectivity index (χ0) is 29.0. The number of carboxylic acids is 1. The number of halogens is 4. The third-order valence-electron chi connectivity index (χ3n) is 7.32. The number of likely N-dealkylation sites (tertiary alicyclic amines) is 1. The first-order valence-electron chi connectivity index (χ1n) is 13.0. The van der Waals surface area contributed by atoms with Crippen LogP contribution in [0.2, 0.25) is 5.02 Å². The molecular formula is C25H33ClF3N7O4. The Balaban J connectivity index is 0.000000470. The number of hydrogen-bond donors (Lipinski definition) is 3. The molecule has 15 heteroatoms. The van der Waals surface area contributed by atoms with Gasteiger partial charge in [-0.05, 0) is 42.9 Å². The number of carbonyl (C=O) groups is 2. The summed E-state index contributed by atoms with van der Waals surface area (Å²) in [6.07, 6.45) is -2.64. The smallest absolute Gasteiger partial charge is 0.475 e. The summed E-state index contributed by atoms with van der Waals surface area (Å²) >= 11 is 6.08. The van der Waals surface area contributed by atoms with E-state index in [1.165, 1.54) is 5.56 Å². The number of alkyl halides is 3. The maximum atomic E-state index is 13.0. The van der Waals surface area contributed by atoms with E-state index in [-0.39, 0.29) is 18.1 Å². The average Bonchev–Trinajstić information content (AvgIpc) is 3.34. The fourth-order valence-electron chi connectivity index (χ4n) is 5.27. The van der Waals surface area contributed by atoms with Gasteiger partial charge in [-0.1, -0.05) is 30.7 Å². The van der Waals surface area contributed by atoms with E-state index in [1.807, 2.05) is 17.0 Å². The number of nitrogens with one attached hydrogen (secondary N) is 1. The highest BCUT2D eigenvalue weighted by Crippen LogP contribution is 2.28. The van der Waals surface area contributed by atoms with E-state index in [2.05, 4.69) is 44.0 Å². The molecule has 1 amide bonds. The summed E-state index contributed by atoms with van der Waals surface area (Å²) in [5.41, 5.74) is 6.93. The number of nitrogens with two attached hydrogens (primary N) is 1. The largest absolute Gasteiger partial charge is 0.490 e. The second-order valence-corrected chi connectivity index (χ2v) is 10.8. The molecule has 1 aromatic carbocycles. The summed E-state index contributed by atoms with van der Waals surface area (Å²) in [6.45, 7) is 6.76. The Hall–Kier alpha value is -3.10. The number of ether oxygens (including phenoxy) is 1. The second kappa shape index (κ2) is 12.6. The molecule has 5 rings (SSSR count). The third-order valence-corrected chi connectivity index (χ3v) is 7.57. The zero-order valence-corrected chi connectivity index (χ0v) is 22.7. The second-order valence-electron chi connectivity index (χ2n) is 10.4. The van der Waals surface area contributed by atoms with Crippen molar-refractivity contribution in [2.45, 2.75) is 50.6 Å². The van der Waals surface area contributed by atoms with Crippen molar-refractivity contribution in [1.29, 1.82) is 0 Å². The molecule has 3 aliphatic rings. The molecule has 11 nitrogen and oxygen atoms in total. The Bertz CT molecular complexity index is 1150. The van der Waals surface area contributed by atoms with Crippen molar-refractivity contribution in [2.24, 2.45) is 5.92 Å². The van der Waals surface area contributed by atoms with E-state index in [0.29, 0.717) is 37.0 Å². The van der Waals surface area contributed by atoms with Crippen LogP contribution in [-0.4, -0.2) is 106 Å². The van der Waals surface area contributed by atoms with E-state index in [0.717, 1.165) is 50.5 Å². The molecule has 220 valence electrons. The van der Waals surface area contributed by atoms with Crippen molar-refractivity contribution in [3.8, 4) is 0 Å². The van der Waals surface area contributed by atoms with Crippen LogP contribution in [0.25, 0.3) is 0 Å². The predicted octanol–water partition coefficient (Wildman–Crippen LogP) is 2.43. The number of aromatic nitrogens is 3. The lowest BCUT2D eigenvalue weighted by Gasteiger charge is -2.48. The molecule has 1 aromatic heterocycles. The van der Waals surface area contributed by atoms with Crippen molar-refractivity contribution >= 4 is 35.4 Å². The molecule has 3 fully saturated rings. The number of benzene rings is 1. The number of hydrogen-bond acceptors (Lipinski definition) is 8. The van der Waals surface area contributed by atoms with Crippen molar-refractivity contribution in [3.63, 3.8) is 0 Å². The summed E-state index contributed by atoms with van der Waals surface area (Å²) in [5.74, 6) is -1.04. The number of nitrogen functional groups attached to an aromatic ring is 1. The molecule has 3 saturated heterocycles. The van der Waals surface area contributed by atoms with Crippen molar-refractivity contribution in [1.82, 2.24) is 25.0 Å². The molecule has 2 atom stereocenters. The first-order chi connectivity index (χ1) is 18.9. The number of H-pyrrole nitrogens is 1. The summed E-state index contributed by atoms with van der Waals surface area (Å²) in [7, 11) is 0. The molecule has 0 unspecified atom stereocenters. The Morgan fingerprint density at radius 3 is 2.33 bits per heavy atom. The number of carbonyl (C=O) groups excluding carboxylic acids is 1. The van der Waals surface area contributed by atoms with Crippen LogP contribution in [0.15, 0.2) is 24.3 Å². The molecule has 40 heavy (non-hydrogen) atoms. The van der Waals surface area contributed by atoms with Crippen LogP contribution in [0, 0.1) is 5.92 Å². The Morgan fingerprint density at radius 2 is 1.80 bits per heavy atom. The highest BCUT2D eigenvalue weighted by atomic mass is 35.5. The number of piperidine rings is 1. The molecule has 0 aliphatic carbocycles. The highest BCUT2D eigenvalue weighted by Gasteiger charge is 2.41. The van der Waals surface area contributed by atoms with Crippen molar-refractivity contribution < 1.29 is 32.6 Å². The van der Waals surface area contributed by atoms with Gasteiger partial charge in [0.15, 0.2) is 0 Å². The topological polar surface area (TPSA) is 141 Å². The monoisotopic (exact) mass is 587 g/mol. The fourth-order valence-corrected chi connectivity index (χ4v) is 5.39. The van der Waals surface area contributed by atoms with E-state index in [1.54, 1.807) is 0 Å². The number of carboxylic acid groups (broad SMARTS) is 1. The lowest BCUT2D eigenvalue weighted by atomic mass is 9.95. The summed E-state index contributed by atoms with van der Waals surface area (Å²) in [6, 6.07) is 8.63. The maximum absolute atomic E-state index is 13.0. The Kier molecular flexibility index (Phi) is 9.41. The minimum atomic E-state index is -5.08. The molecule has 4 heterocycles. The maximum Gasteiger partial charge on any atom is 0.490 e. The molecule has 2 aromatic rings. The average molecular weight is 588 g/mol. The summed E-state index contributed by atoms with van der Waals surface area (Å²) in [4.78, 5) is 32.8. The SMILES string of the molecule is CC1CN(C(=O)[C@H]2CN(C3CCN(c4n[nH]c(N)n4)CC3)[C@@H](Cc3ccc(Cl)cc3)CO2)C1.O=C(O)C(F)(F)F. The minimum absolute atomic E-state index is 0.136. The number of amides is 1. The van der Waals surface area contributed by atoms with Gasteiger partial charge in [0.05, 0.1) is 6.61 Å². The van der Waals surface area contributed by atoms with E-state index >= 15 is 0 Å². The Labute approximate surface area is 234 Å². The number of nitrogens with zero attached hydrogens (tertiary/aromatic N) is 5. The van der Waals surface area contributed by atoms with Crippen LogP contribution in [0.1, 0.15) is 25.3 Å². The van der Waals surface area contributed by atoms with Gasteiger partial charge in [-0.15, -0.1) is 5.10 Å². The lowest BCUT2D eigenvalue weighted by Crippen LogP contribution is -2.62. The van der Waals surface area contributed by atoms with Gasteiger partial charge in [-0.2, -0.15) is 18.2 Å². The molecule has 0 saturated carbocycles. The van der Waals surface area contributed by atoms with E-state index in [9.17, 15) is 18.0 Å². The number of rotatable bonds is 5. The molecule has 0 radical (unpaired) electrons. The molecule has 0 spiro atoms. The number of morpholine rings is 1. The normalized spacial score (nSPS) is 22.8. The predicted molar refractivity (Wildman–Crippen MR) is 141 cm³/mol. The van der Waals surface area contributed by atoms with Crippen LogP contribution in [0.5, 0.6) is 0 Å². The standard InChI is InChI=1S/C23H32ClN7O2.C2HF3O2/c1-15-11-30(12-15)21(32)20-13-31(19(14-33-20)10-16-2-4-17(24)5-3-16)18-6-8-29(9-7-18)23-26-22(25)27-28-23;3-2(4,5)1(6)7/h2-5,15,18-20H,6-14H2,1H3,(H3,25,26,27,28);(H,6,7)/t19-,20+;/m0./s1. The van der Waals surface area contributed by atoms with Crippen molar-refractivity contribution in [2.75, 3.05) is 50.0 Å². The first-order valence-corrected chi connectivity index (χ1v) is 13.4. The van der Waals surface area contributed by atoms with Gasteiger partial charge in [-0.3, -0.25) is 9.69 Å². The number of anilines is 2. The van der Waals surface area contributed by atoms with E-state index < -0.39 is 12.1 Å². The molecule has 3 aliphatic heterocycles. The van der Waals surface area contributed by atoms with Crippen molar-refractivity contribution in [3.05, 3.63) is 34.9 Å². The van der Waals surface area contributed by atoms with Crippen LogP contribution >= 0.6 is 11.6 Å². The van der Waals surface area contributed by atoms with Crippen LogP contribution in [-0.2, 0) is 20.7 Å². The van der Waals surface area contributed by atoms with Crippen LogP contribution < -0.4 is 10.6 Å². The van der Waals surface area contributed by atoms with Gasteiger partial charge < -0.3 is 25.4 Å². The lowest BCUT2D eigenvalue weighted by molar-refractivity contribution is -0.192.